The van der Waals surface area contributed by atoms with Gasteiger partial charge in [-0.2, -0.15) is 0 Å². The van der Waals surface area contributed by atoms with Crippen LogP contribution in [0.4, 0.5) is 0 Å². The van der Waals surface area contributed by atoms with Crippen LogP contribution in [0, 0.1) is 5.92 Å². The number of hydrogen-bond acceptors (Lipinski definition) is 2. The molecule has 3 nitrogen and oxygen atoms in total. The molecule has 1 aliphatic carbocycles. The summed E-state index contributed by atoms with van der Waals surface area (Å²) in [5, 5.41) is 3.03. The lowest BCUT2D eigenvalue weighted by Crippen LogP contribution is -2.26. The molecular formula is C17H25NO2. The second kappa shape index (κ2) is 7.32. The third-order valence-electron chi connectivity index (χ3n) is 3.99. The van der Waals surface area contributed by atoms with E-state index in [9.17, 15) is 4.79 Å². The number of amides is 1. The molecule has 0 spiro atoms. The molecule has 0 saturated heterocycles. The van der Waals surface area contributed by atoms with Crippen molar-refractivity contribution in [2.24, 2.45) is 5.92 Å². The Balaban J connectivity index is 1.94. The van der Waals surface area contributed by atoms with Crippen molar-refractivity contribution in [3.63, 3.8) is 0 Å². The SMILES string of the molecule is CCCCNC(=O)CC(c1ccc(OC)cc1)C1CC1. The summed E-state index contributed by atoms with van der Waals surface area (Å²) in [5.41, 5.74) is 1.26. The Morgan fingerprint density at radius 2 is 2.05 bits per heavy atom. The quantitative estimate of drug-likeness (QED) is 0.737. The standard InChI is InChI=1S/C17H25NO2/c1-3-4-11-18-17(19)12-16(13-5-6-13)14-7-9-15(20-2)10-8-14/h7-10,13,16H,3-6,11-12H2,1-2H3,(H,18,19). The summed E-state index contributed by atoms with van der Waals surface area (Å²) in [6, 6.07) is 8.17. The summed E-state index contributed by atoms with van der Waals surface area (Å²) in [6.45, 7) is 2.94. The largest absolute Gasteiger partial charge is 0.497 e. The molecule has 20 heavy (non-hydrogen) atoms. The lowest BCUT2D eigenvalue weighted by Gasteiger charge is -2.17. The third-order valence-corrected chi connectivity index (χ3v) is 3.99. The Kier molecular flexibility index (Phi) is 5.45. The Hall–Kier alpha value is -1.51. The molecule has 1 atom stereocenters. The molecule has 1 aromatic carbocycles. The monoisotopic (exact) mass is 275 g/mol. The van der Waals surface area contributed by atoms with Crippen LogP contribution in [0.25, 0.3) is 0 Å². The van der Waals surface area contributed by atoms with E-state index in [1.54, 1.807) is 7.11 Å². The second-order valence-corrected chi connectivity index (χ2v) is 5.62. The van der Waals surface area contributed by atoms with Crippen molar-refractivity contribution in [3.8, 4) is 5.75 Å². The van der Waals surface area contributed by atoms with Gasteiger partial charge in [-0.25, -0.2) is 0 Å². The fourth-order valence-corrected chi connectivity index (χ4v) is 2.58. The third kappa shape index (κ3) is 4.26. The molecule has 0 aliphatic heterocycles. The van der Waals surface area contributed by atoms with Crippen molar-refractivity contribution in [2.45, 2.75) is 44.9 Å². The number of carbonyl (C=O) groups excluding carboxylic acids is 1. The van der Waals surface area contributed by atoms with Crippen LogP contribution in [-0.4, -0.2) is 19.6 Å². The molecule has 0 aromatic heterocycles. The lowest BCUT2D eigenvalue weighted by molar-refractivity contribution is -0.121. The van der Waals surface area contributed by atoms with Crippen LogP contribution < -0.4 is 10.1 Å². The van der Waals surface area contributed by atoms with E-state index in [1.807, 2.05) is 12.1 Å². The van der Waals surface area contributed by atoms with E-state index in [2.05, 4.69) is 24.4 Å². The van der Waals surface area contributed by atoms with Crippen molar-refractivity contribution in [1.82, 2.24) is 5.32 Å². The van der Waals surface area contributed by atoms with Crippen molar-refractivity contribution in [1.29, 1.82) is 0 Å². The highest BCUT2D eigenvalue weighted by molar-refractivity contribution is 5.77. The van der Waals surface area contributed by atoms with E-state index in [4.69, 9.17) is 4.74 Å². The minimum atomic E-state index is 0.186. The van der Waals surface area contributed by atoms with Gasteiger partial charge >= 0.3 is 0 Å². The van der Waals surface area contributed by atoms with Crippen LogP contribution in [0.1, 0.15) is 50.5 Å². The van der Waals surface area contributed by atoms with Gasteiger partial charge in [0, 0.05) is 13.0 Å². The molecule has 1 fully saturated rings. The maximum Gasteiger partial charge on any atom is 0.220 e. The first kappa shape index (κ1) is 14.9. The van der Waals surface area contributed by atoms with E-state index < -0.39 is 0 Å². The van der Waals surface area contributed by atoms with Crippen molar-refractivity contribution in [3.05, 3.63) is 29.8 Å². The molecule has 1 N–H and O–H groups in total. The first-order chi connectivity index (χ1) is 9.74. The number of nitrogens with one attached hydrogen (secondary N) is 1. The number of benzene rings is 1. The highest BCUT2D eigenvalue weighted by Crippen LogP contribution is 2.44. The summed E-state index contributed by atoms with van der Waals surface area (Å²) < 4.78 is 5.19. The smallest absolute Gasteiger partial charge is 0.220 e. The van der Waals surface area contributed by atoms with Crippen molar-refractivity contribution >= 4 is 5.91 Å². The van der Waals surface area contributed by atoms with E-state index in [1.165, 1.54) is 18.4 Å². The van der Waals surface area contributed by atoms with Crippen LogP contribution in [0.3, 0.4) is 0 Å². The van der Waals surface area contributed by atoms with Crippen LogP contribution >= 0.6 is 0 Å². The fraction of sp³-hybridized carbons (Fsp3) is 0.588. The predicted octanol–water partition coefficient (Wildman–Crippen LogP) is 3.50. The number of methoxy groups -OCH3 is 1. The molecule has 1 aromatic rings. The summed E-state index contributed by atoms with van der Waals surface area (Å²) in [5.74, 6) is 2.10. The summed E-state index contributed by atoms with van der Waals surface area (Å²) in [6.07, 6.45) is 5.28. The van der Waals surface area contributed by atoms with Gasteiger partial charge in [-0.05, 0) is 48.8 Å². The Morgan fingerprint density at radius 1 is 1.35 bits per heavy atom. The molecule has 1 aliphatic rings. The van der Waals surface area contributed by atoms with Gasteiger partial charge in [-0.3, -0.25) is 4.79 Å². The van der Waals surface area contributed by atoms with Gasteiger partial charge in [0.15, 0.2) is 0 Å². The molecule has 1 saturated carbocycles. The van der Waals surface area contributed by atoms with Gasteiger partial charge in [-0.1, -0.05) is 25.5 Å². The van der Waals surface area contributed by atoms with Crippen LogP contribution in [-0.2, 0) is 4.79 Å². The van der Waals surface area contributed by atoms with E-state index in [-0.39, 0.29) is 5.91 Å². The number of hydrogen-bond donors (Lipinski definition) is 1. The fourth-order valence-electron chi connectivity index (χ4n) is 2.58. The molecule has 0 bridgehead atoms. The highest BCUT2D eigenvalue weighted by atomic mass is 16.5. The molecule has 0 heterocycles. The number of carbonyl (C=O) groups is 1. The molecule has 110 valence electrons. The van der Waals surface area contributed by atoms with Crippen LogP contribution in [0.15, 0.2) is 24.3 Å². The number of rotatable bonds is 8. The van der Waals surface area contributed by atoms with Gasteiger partial charge in [-0.15, -0.1) is 0 Å². The first-order valence-electron chi connectivity index (χ1n) is 7.65. The van der Waals surface area contributed by atoms with Crippen LogP contribution in [0.2, 0.25) is 0 Å². The molecule has 1 amide bonds. The minimum Gasteiger partial charge on any atom is -0.497 e. The van der Waals surface area contributed by atoms with Gasteiger partial charge in [0.2, 0.25) is 5.91 Å². The molecule has 1 unspecified atom stereocenters. The topological polar surface area (TPSA) is 38.3 Å². The molecule has 3 heteroatoms. The number of unbranched alkanes of at least 4 members (excludes halogenated alkanes) is 1. The summed E-state index contributed by atoms with van der Waals surface area (Å²) in [4.78, 5) is 12.0. The van der Waals surface area contributed by atoms with Gasteiger partial charge in [0.25, 0.3) is 0 Å². The minimum absolute atomic E-state index is 0.186. The Labute approximate surface area is 121 Å². The highest BCUT2D eigenvalue weighted by Gasteiger charge is 2.33. The second-order valence-electron chi connectivity index (χ2n) is 5.62. The molecular weight excluding hydrogens is 250 g/mol. The van der Waals surface area contributed by atoms with Gasteiger partial charge in [0.05, 0.1) is 7.11 Å². The lowest BCUT2D eigenvalue weighted by atomic mass is 9.90. The zero-order valence-electron chi connectivity index (χ0n) is 12.5. The average Bonchev–Trinajstić information content (AvgIpc) is 3.30. The maximum atomic E-state index is 12.0. The Morgan fingerprint density at radius 3 is 2.60 bits per heavy atom. The average molecular weight is 275 g/mol. The summed E-state index contributed by atoms with van der Waals surface area (Å²) in [7, 11) is 1.68. The molecule has 2 rings (SSSR count). The predicted molar refractivity (Wildman–Crippen MR) is 81.0 cm³/mol. The van der Waals surface area contributed by atoms with Gasteiger partial charge < -0.3 is 10.1 Å². The zero-order chi connectivity index (χ0) is 14.4. The van der Waals surface area contributed by atoms with Gasteiger partial charge in [0.1, 0.15) is 5.75 Å². The van der Waals surface area contributed by atoms with E-state index in [0.29, 0.717) is 18.3 Å². The van der Waals surface area contributed by atoms with Crippen molar-refractivity contribution < 1.29 is 9.53 Å². The van der Waals surface area contributed by atoms with E-state index >= 15 is 0 Å². The first-order valence-corrected chi connectivity index (χ1v) is 7.65. The van der Waals surface area contributed by atoms with Crippen molar-refractivity contribution in [2.75, 3.05) is 13.7 Å². The zero-order valence-corrected chi connectivity index (χ0v) is 12.5. The number of ether oxygens (including phenoxy) is 1. The van der Waals surface area contributed by atoms with Crippen LogP contribution in [0.5, 0.6) is 5.75 Å². The summed E-state index contributed by atoms with van der Waals surface area (Å²) >= 11 is 0. The Bertz CT molecular complexity index is 423. The maximum absolute atomic E-state index is 12.0. The van der Waals surface area contributed by atoms with E-state index in [0.717, 1.165) is 25.1 Å². The molecule has 0 radical (unpaired) electrons. The normalized spacial score (nSPS) is 15.7.